The highest BCUT2D eigenvalue weighted by Crippen LogP contribution is 2.08. The number of allylic oxidation sites excluding steroid dienone is 32. The molecule has 0 saturated carbocycles. The quantitative estimate of drug-likeness (QED) is 0.0374. The molecule has 0 aliphatic heterocycles. The van der Waals surface area contributed by atoms with Crippen LogP contribution in [0, 0.1) is 0 Å². The van der Waals surface area contributed by atoms with Gasteiger partial charge in [0.25, 0.3) is 0 Å². The second-order valence-electron chi connectivity index (χ2n) is 16.1. The smallest absolute Gasteiger partial charge is 0.306 e. The van der Waals surface area contributed by atoms with Crippen molar-refractivity contribution in [2.75, 3.05) is 13.2 Å². The van der Waals surface area contributed by atoms with E-state index in [9.17, 15) is 14.7 Å². The lowest BCUT2D eigenvalue weighted by Crippen LogP contribution is -2.28. The largest absolute Gasteiger partial charge is 0.462 e. The molecule has 0 aromatic heterocycles. The molecule has 1 unspecified atom stereocenters. The molecule has 0 radical (unpaired) electrons. The lowest BCUT2D eigenvalue weighted by molar-refractivity contribution is -0.161. The molecule has 0 saturated heterocycles. The predicted molar refractivity (Wildman–Crippen MR) is 296 cm³/mol. The number of carbonyl (C=O) groups is 2. The van der Waals surface area contributed by atoms with E-state index in [0.717, 1.165) is 135 Å². The van der Waals surface area contributed by atoms with Crippen LogP contribution in [0.25, 0.3) is 0 Å². The molecule has 1 N–H and O–H groups in total. The molecule has 0 aromatic rings. The summed E-state index contributed by atoms with van der Waals surface area (Å²) in [7, 11) is 0. The number of hydrogen-bond acceptors (Lipinski definition) is 5. The van der Waals surface area contributed by atoms with Crippen molar-refractivity contribution >= 4 is 11.9 Å². The van der Waals surface area contributed by atoms with E-state index in [1.807, 2.05) is 0 Å². The molecule has 0 aromatic carbocycles. The second kappa shape index (κ2) is 56.1. The van der Waals surface area contributed by atoms with Gasteiger partial charge in [0.05, 0.1) is 6.61 Å². The average Bonchev–Trinajstić information content (AvgIpc) is 3.34. The molecule has 0 amide bonds. The van der Waals surface area contributed by atoms with Gasteiger partial charge in [-0.05, 0) is 141 Å². The Labute approximate surface area is 416 Å². The van der Waals surface area contributed by atoms with Crippen molar-refractivity contribution in [2.24, 2.45) is 0 Å². The van der Waals surface area contributed by atoms with Crippen LogP contribution in [0.2, 0.25) is 0 Å². The van der Waals surface area contributed by atoms with Crippen molar-refractivity contribution in [1.29, 1.82) is 0 Å². The summed E-state index contributed by atoms with van der Waals surface area (Å²) in [6, 6.07) is 0. The normalized spacial score (nSPS) is 13.9. The molecule has 68 heavy (non-hydrogen) atoms. The number of esters is 2. The third-order valence-corrected chi connectivity index (χ3v) is 9.88. The summed E-state index contributed by atoms with van der Waals surface area (Å²) in [4.78, 5) is 24.4. The lowest BCUT2D eigenvalue weighted by atomic mass is 10.1. The van der Waals surface area contributed by atoms with Gasteiger partial charge in [0.1, 0.15) is 6.61 Å². The molecule has 0 spiro atoms. The van der Waals surface area contributed by atoms with Gasteiger partial charge in [-0.3, -0.25) is 9.59 Å². The van der Waals surface area contributed by atoms with E-state index in [4.69, 9.17) is 9.47 Å². The molecule has 0 bridgehead atoms. The van der Waals surface area contributed by atoms with E-state index < -0.39 is 6.10 Å². The van der Waals surface area contributed by atoms with Gasteiger partial charge in [0, 0.05) is 12.8 Å². The maximum absolute atomic E-state index is 12.3. The van der Waals surface area contributed by atoms with Crippen molar-refractivity contribution in [3.8, 4) is 0 Å². The van der Waals surface area contributed by atoms with Crippen LogP contribution in [0.15, 0.2) is 194 Å². The van der Waals surface area contributed by atoms with Crippen LogP contribution >= 0.6 is 0 Å². The number of carbonyl (C=O) groups excluding carboxylic acids is 2. The molecule has 5 nitrogen and oxygen atoms in total. The number of ether oxygens (including phenoxy) is 2. The second-order valence-corrected chi connectivity index (χ2v) is 16.1. The number of hydrogen-bond donors (Lipinski definition) is 1. The third-order valence-electron chi connectivity index (χ3n) is 9.88. The first kappa shape index (κ1) is 62.7. The van der Waals surface area contributed by atoms with Gasteiger partial charge in [-0.15, -0.1) is 0 Å². The van der Waals surface area contributed by atoms with Crippen molar-refractivity contribution in [3.63, 3.8) is 0 Å². The van der Waals surface area contributed by atoms with Gasteiger partial charge in [0.2, 0.25) is 0 Å². The molecule has 374 valence electrons. The van der Waals surface area contributed by atoms with E-state index in [1.165, 1.54) is 0 Å². The Balaban J connectivity index is 3.78. The van der Waals surface area contributed by atoms with Crippen LogP contribution in [0.4, 0.5) is 0 Å². The van der Waals surface area contributed by atoms with E-state index in [2.05, 4.69) is 208 Å². The van der Waals surface area contributed by atoms with Crippen LogP contribution in [0.5, 0.6) is 0 Å². The summed E-state index contributed by atoms with van der Waals surface area (Å²) in [6.45, 7) is 3.81. The molecule has 5 heteroatoms. The monoisotopic (exact) mass is 929 g/mol. The van der Waals surface area contributed by atoms with Crippen LogP contribution in [0.3, 0.4) is 0 Å². The molecule has 0 rings (SSSR count). The molecule has 0 aliphatic carbocycles. The third kappa shape index (κ3) is 53.4. The first-order valence-corrected chi connectivity index (χ1v) is 26.0. The van der Waals surface area contributed by atoms with Gasteiger partial charge in [-0.25, -0.2) is 0 Å². The molecule has 0 heterocycles. The molecular formula is C63H92O5. The fraction of sp³-hybridized carbons (Fsp3) is 0.460. The fourth-order valence-electron chi connectivity index (χ4n) is 6.05. The highest BCUT2D eigenvalue weighted by Gasteiger charge is 2.16. The molecule has 0 aliphatic rings. The highest BCUT2D eigenvalue weighted by atomic mass is 16.6. The van der Waals surface area contributed by atoms with E-state index in [-0.39, 0.29) is 31.6 Å². The standard InChI is InChI=1S/C63H92O5/c1-3-5-7-9-11-13-15-17-19-21-23-25-26-27-28-29-30-31-32-33-34-35-36-38-40-42-44-46-48-50-52-54-56-58-63(66)68-61(59-64)60-67-62(65)57-55-53-51-49-47-45-43-41-39-37-24-22-20-18-16-14-12-10-8-6-4-2/h5-8,11-14,17-20,23-25,27-28,30-31,33-34,36-38,41-44,47-50,61,64H,3-4,9-10,15-16,21-22,26,29,32,35,39-40,45-46,51-60H2,1-2H3/b7-5-,8-6-,13-11-,14-12-,19-17-,20-18-,25-23-,28-27-,31-30-,34-33-,37-24-,38-36-,43-41-,44-42-,49-47-,50-48-. The van der Waals surface area contributed by atoms with E-state index >= 15 is 0 Å². The first-order valence-electron chi connectivity index (χ1n) is 26.0. The Bertz CT molecular complexity index is 1660. The Morgan fingerprint density at radius 1 is 0.338 bits per heavy atom. The van der Waals surface area contributed by atoms with Crippen molar-refractivity contribution in [1.82, 2.24) is 0 Å². The van der Waals surface area contributed by atoms with Crippen molar-refractivity contribution < 1.29 is 24.2 Å². The van der Waals surface area contributed by atoms with Crippen LogP contribution in [-0.4, -0.2) is 36.4 Å². The minimum Gasteiger partial charge on any atom is -0.462 e. The van der Waals surface area contributed by atoms with Crippen LogP contribution < -0.4 is 0 Å². The summed E-state index contributed by atoms with van der Waals surface area (Å²) < 4.78 is 10.6. The SMILES string of the molecule is CC/C=C\C/C=C\C/C=C\C/C=C\C/C=C\C/C=C\C/C=C\C/C=C\C/C=C\C/C=C\CCCCC(=O)OC(CO)COC(=O)CCCC/C=C\C/C=C\C/C=C\C/C=C\C/C=C\C/C=C\CC. The number of aliphatic hydroxyl groups is 1. The summed E-state index contributed by atoms with van der Waals surface area (Å²) in [5.74, 6) is -0.714. The molecule has 0 fully saturated rings. The summed E-state index contributed by atoms with van der Waals surface area (Å²) in [5, 5.41) is 9.62. The van der Waals surface area contributed by atoms with Gasteiger partial charge in [-0.2, -0.15) is 0 Å². The van der Waals surface area contributed by atoms with Gasteiger partial charge < -0.3 is 14.6 Å². The average molecular weight is 929 g/mol. The Kier molecular flexibility index (Phi) is 51.7. The Hall–Kier alpha value is -5.26. The number of aliphatic hydroxyl groups excluding tert-OH is 1. The first-order chi connectivity index (χ1) is 33.6. The summed E-state index contributed by atoms with van der Waals surface area (Å²) in [6.07, 6.45) is 90.9. The van der Waals surface area contributed by atoms with Crippen LogP contribution in [-0.2, 0) is 19.1 Å². The van der Waals surface area contributed by atoms with Crippen molar-refractivity contribution in [2.45, 2.75) is 174 Å². The Morgan fingerprint density at radius 2 is 0.574 bits per heavy atom. The lowest BCUT2D eigenvalue weighted by Gasteiger charge is -2.15. The summed E-state index contributed by atoms with van der Waals surface area (Å²) >= 11 is 0. The maximum Gasteiger partial charge on any atom is 0.306 e. The zero-order chi connectivity index (χ0) is 49.2. The maximum atomic E-state index is 12.3. The van der Waals surface area contributed by atoms with Gasteiger partial charge in [0.15, 0.2) is 6.10 Å². The topological polar surface area (TPSA) is 72.8 Å². The number of unbranched alkanes of at least 4 members (excludes halogenated alkanes) is 4. The zero-order valence-corrected chi connectivity index (χ0v) is 42.5. The Morgan fingerprint density at radius 3 is 0.824 bits per heavy atom. The molecule has 1 atom stereocenters. The summed E-state index contributed by atoms with van der Waals surface area (Å²) in [5.41, 5.74) is 0. The van der Waals surface area contributed by atoms with Gasteiger partial charge in [-0.1, -0.05) is 208 Å². The predicted octanol–water partition coefficient (Wildman–Crippen LogP) is 17.7. The fourth-order valence-corrected chi connectivity index (χ4v) is 6.05. The number of rotatable bonds is 44. The van der Waals surface area contributed by atoms with E-state index in [0.29, 0.717) is 12.8 Å². The molecular weight excluding hydrogens is 837 g/mol. The van der Waals surface area contributed by atoms with E-state index in [1.54, 1.807) is 0 Å². The van der Waals surface area contributed by atoms with Crippen molar-refractivity contribution in [3.05, 3.63) is 194 Å². The minimum absolute atomic E-state index is 0.122. The van der Waals surface area contributed by atoms with Gasteiger partial charge >= 0.3 is 11.9 Å². The minimum atomic E-state index is -0.831. The van der Waals surface area contributed by atoms with Crippen LogP contribution in [0.1, 0.15) is 168 Å². The highest BCUT2D eigenvalue weighted by molar-refractivity contribution is 5.70. The zero-order valence-electron chi connectivity index (χ0n) is 42.5.